The largest absolute Gasteiger partial charge is 0.377 e. The number of ether oxygens (including phenoxy) is 3. The van der Waals surface area contributed by atoms with E-state index >= 15 is 0 Å². The molecule has 1 aromatic heterocycles. The lowest BCUT2D eigenvalue weighted by Crippen LogP contribution is -2.36. The van der Waals surface area contributed by atoms with Gasteiger partial charge < -0.3 is 35.9 Å². The molecule has 3 atom stereocenters. The van der Waals surface area contributed by atoms with Crippen LogP contribution in [-0.2, 0) is 32.1 Å². The summed E-state index contributed by atoms with van der Waals surface area (Å²) in [5, 5.41) is 17.1. The maximum atomic E-state index is 11.9. The van der Waals surface area contributed by atoms with Crippen LogP contribution in [0.5, 0.6) is 0 Å². The highest BCUT2D eigenvalue weighted by atomic mass is 32.2. The molecule has 0 unspecified atom stereocenters. The first-order chi connectivity index (χ1) is 16.7. The van der Waals surface area contributed by atoms with Gasteiger partial charge in [-0.25, -0.2) is 9.48 Å². The Morgan fingerprint density at radius 1 is 1.15 bits per heavy atom. The summed E-state index contributed by atoms with van der Waals surface area (Å²) in [5.74, 6) is 1.02. The zero-order valence-corrected chi connectivity index (χ0v) is 20.4. The Kier molecular flexibility index (Phi) is 11.9. The first-order valence-corrected chi connectivity index (χ1v) is 13.0. The molecular formula is C21H37N7O5S. The van der Waals surface area contributed by atoms with Crippen molar-refractivity contribution in [3.63, 3.8) is 0 Å². The molecule has 2 aliphatic rings. The molecule has 3 rings (SSSR count). The Morgan fingerprint density at radius 2 is 1.91 bits per heavy atom. The minimum absolute atomic E-state index is 0.0509. The maximum Gasteiger partial charge on any atom is 0.315 e. The van der Waals surface area contributed by atoms with Crippen LogP contribution in [-0.4, -0.2) is 96.2 Å². The second-order valence-electron chi connectivity index (χ2n) is 8.23. The van der Waals surface area contributed by atoms with E-state index in [0.29, 0.717) is 70.9 Å². The highest BCUT2D eigenvalue weighted by Gasteiger charge is 2.42. The molecule has 0 spiro atoms. The lowest BCUT2D eigenvalue weighted by Gasteiger charge is -2.16. The van der Waals surface area contributed by atoms with Crippen molar-refractivity contribution in [2.75, 3.05) is 51.9 Å². The van der Waals surface area contributed by atoms with Crippen molar-refractivity contribution in [2.45, 2.75) is 56.1 Å². The molecule has 0 saturated carbocycles. The Bertz CT molecular complexity index is 753. The Balaban J connectivity index is 1.04. The molecule has 2 fully saturated rings. The molecular weight excluding hydrogens is 462 g/mol. The number of hydrogen-bond donors (Lipinski definition) is 4. The summed E-state index contributed by atoms with van der Waals surface area (Å²) in [4.78, 5) is 23.3. The van der Waals surface area contributed by atoms with E-state index in [1.165, 1.54) is 0 Å². The van der Waals surface area contributed by atoms with E-state index in [1.807, 2.05) is 11.8 Å². The average molecular weight is 500 g/mol. The molecule has 1 aromatic rings. The van der Waals surface area contributed by atoms with E-state index < -0.39 is 0 Å². The SMILES string of the molecule is NCc1cn(CCOCCOCCOCCNC(=O)CCCC[C@@H]2SC[C@@H]3NC(=O)N[C@@H]32)nn1. The molecule has 3 amide bonds. The van der Waals surface area contributed by atoms with E-state index in [-0.39, 0.29) is 24.0 Å². The summed E-state index contributed by atoms with van der Waals surface area (Å²) < 4.78 is 18.1. The summed E-state index contributed by atoms with van der Waals surface area (Å²) in [5.41, 5.74) is 6.25. The first-order valence-electron chi connectivity index (χ1n) is 11.9. The fourth-order valence-corrected chi connectivity index (χ4v) is 5.41. The van der Waals surface area contributed by atoms with Gasteiger partial charge in [-0.2, -0.15) is 11.8 Å². The third-order valence-electron chi connectivity index (χ3n) is 5.65. The normalized spacial score (nSPS) is 21.3. The fourth-order valence-electron chi connectivity index (χ4n) is 3.87. The number of nitrogens with two attached hydrogens (primary N) is 1. The van der Waals surface area contributed by atoms with Gasteiger partial charge in [-0.1, -0.05) is 11.6 Å². The zero-order chi connectivity index (χ0) is 24.0. The predicted octanol–water partition coefficient (Wildman–Crippen LogP) is -0.371. The first kappa shape index (κ1) is 26.7. The highest BCUT2D eigenvalue weighted by Crippen LogP contribution is 2.33. The van der Waals surface area contributed by atoms with Crippen LogP contribution in [0.15, 0.2) is 6.20 Å². The maximum absolute atomic E-state index is 11.9. The molecule has 0 aliphatic carbocycles. The average Bonchev–Trinajstić information content (AvgIpc) is 3.53. The fraction of sp³-hybridized carbons (Fsp3) is 0.810. The van der Waals surface area contributed by atoms with Crippen LogP contribution < -0.4 is 21.7 Å². The third-order valence-corrected chi connectivity index (χ3v) is 7.16. The van der Waals surface area contributed by atoms with Crippen LogP contribution in [0.2, 0.25) is 0 Å². The zero-order valence-electron chi connectivity index (χ0n) is 19.6. The molecule has 13 heteroatoms. The summed E-state index contributed by atoms with van der Waals surface area (Å²) in [6.45, 7) is 4.45. The van der Waals surface area contributed by atoms with Gasteiger partial charge in [0.2, 0.25) is 5.91 Å². The molecule has 0 bridgehead atoms. The number of nitrogens with zero attached hydrogens (tertiary/aromatic N) is 3. The van der Waals surface area contributed by atoms with E-state index in [4.69, 9.17) is 19.9 Å². The minimum atomic E-state index is -0.0555. The van der Waals surface area contributed by atoms with Crippen LogP contribution in [0.4, 0.5) is 4.79 Å². The number of nitrogens with one attached hydrogen (secondary N) is 3. The van der Waals surface area contributed by atoms with Crippen molar-refractivity contribution in [3.8, 4) is 0 Å². The van der Waals surface area contributed by atoms with Gasteiger partial charge in [-0.05, 0) is 12.8 Å². The molecule has 12 nitrogen and oxygen atoms in total. The van der Waals surface area contributed by atoms with E-state index in [1.54, 1.807) is 10.9 Å². The molecule has 3 heterocycles. The van der Waals surface area contributed by atoms with Gasteiger partial charge in [-0.3, -0.25) is 4.79 Å². The van der Waals surface area contributed by atoms with Gasteiger partial charge in [0.25, 0.3) is 0 Å². The Morgan fingerprint density at radius 3 is 2.68 bits per heavy atom. The summed E-state index contributed by atoms with van der Waals surface area (Å²) in [7, 11) is 0. The second-order valence-corrected chi connectivity index (χ2v) is 9.50. The number of amides is 3. The standard InChI is InChI=1S/C21H37N7O5S/c22-13-16-14-28(27-26-16)6-8-32-10-12-33-11-9-31-7-5-23-19(29)4-2-1-3-18-20-17(15-34-18)24-21(30)25-20/h14,17-18,20H,1-13,15,22H2,(H,23,29)(H2,24,25,30)/t17-,18-,20-/m0/s1. The van der Waals surface area contributed by atoms with Gasteiger partial charge in [0.05, 0.1) is 64.0 Å². The third kappa shape index (κ3) is 9.37. The summed E-state index contributed by atoms with van der Waals surface area (Å²) in [6.07, 6.45) is 5.18. The smallest absolute Gasteiger partial charge is 0.315 e. The van der Waals surface area contributed by atoms with Crippen molar-refractivity contribution in [1.82, 2.24) is 30.9 Å². The topological polar surface area (TPSA) is 155 Å². The number of unbranched alkanes of at least 4 members (excludes halogenated alkanes) is 1. The number of carbonyl (C=O) groups is 2. The summed E-state index contributed by atoms with van der Waals surface area (Å²) >= 11 is 1.91. The number of aromatic nitrogens is 3. The van der Waals surface area contributed by atoms with Gasteiger partial charge in [0, 0.05) is 36.7 Å². The monoisotopic (exact) mass is 499 g/mol. The van der Waals surface area contributed by atoms with Crippen LogP contribution in [0.1, 0.15) is 31.4 Å². The van der Waals surface area contributed by atoms with E-state index in [0.717, 1.165) is 30.7 Å². The van der Waals surface area contributed by atoms with Crippen LogP contribution in [0.3, 0.4) is 0 Å². The van der Waals surface area contributed by atoms with Crippen molar-refractivity contribution < 1.29 is 23.8 Å². The number of thioether (sulfide) groups is 1. The molecule has 0 aromatic carbocycles. The summed E-state index contributed by atoms with van der Waals surface area (Å²) in [6, 6.07) is 0.433. The number of carbonyl (C=O) groups excluding carboxylic acids is 2. The van der Waals surface area contributed by atoms with Crippen molar-refractivity contribution in [3.05, 3.63) is 11.9 Å². The minimum Gasteiger partial charge on any atom is -0.377 e. The predicted molar refractivity (Wildman–Crippen MR) is 127 cm³/mol. The number of urea groups is 1. The van der Waals surface area contributed by atoms with E-state index in [9.17, 15) is 9.59 Å². The lowest BCUT2D eigenvalue weighted by molar-refractivity contribution is -0.121. The molecule has 0 radical (unpaired) electrons. The van der Waals surface area contributed by atoms with Gasteiger partial charge in [0.1, 0.15) is 0 Å². The lowest BCUT2D eigenvalue weighted by atomic mass is 10.0. The molecule has 5 N–H and O–H groups in total. The van der Waals surface area contributed by atoms with Gasteiger partial charge >= 0.3 is 6.03 Å². The van der Waals surface area contributed by atoms with Crippen LogP contribution in [0.25, 0.3) is 0 Å². The quantitative estimate of drug-likeness (QED) is 0.156. The number of hydrogen-bond acceptors (Lipinski definition) is 9. The van der Waals surface area contributed by atoms with Gasteiger partial charge in [-0.15, -0.1) is 5.10 Å². The molecule has 34 heavy (non-hydrogen) atoms. The molecule has 2 aliphatic heterocycles. The van der Waals surface area contributed by atoms with Crippen molar-refractivity contribution >= 4 is 23.7 Å². The molecule has 2 saturated heterocycles. The van der Waals surface area contributed by atoms with Crippen LogP contribution >= 0.6 is 11.8 Å². The Labute approximate surface area is 204 Å². The number of rotatable bonds is 18. The van der Waals surface area contributed by atoms with Crippen molar-refractivity contribution in [2.24, 2.45) is 5.73 Å². The van der Waals surface area contributed by atoms with Crippen LogP contribution in [0, 0.1) is 0 Å². The second kappa shape index (κ2) is 15.1. The number of fused-ring (bicyclic) bond motifs is 1. The van der Waals surface area contributed by atoms with Gasteiger partial charge in [0.15, 0.2) is 0 Å². The van der Waals surface area contributed by atoms with Crippen molar-refractivity contribution in [1.29, 1.82) is 0 Å². The molecule has 192 valence electrons. The van der Waals surface area contributed by atoms with E-state index in [2.05, 4.69) is 26.3 Å². The highest BCUT2D eigenvalue weighted by molar-refractivity contribution is 8.00. The Hall–Kier alpha value is -1.93.